The summed E-state index contributed by atoms with van der Waals surface area (Å²) in [6.07, 6.45) is 0.992. The van der Waals surface area contributed by atoms with E-state index >= 15 is 0 Å². The smallest absolute Gasteiger partial charge is 0.132 e. The van der Waals surface area contributed by atoms with Gasteiger partial charge in [-0.05, 0) is 55.3 Å². The molecule has 2 N–H and O–H groups in total. The van der Waals surface area contributed by atoms with E-state index in [1.54, 1.807) is 6.07 Å². The first-order valence-electron chi connectivity index (χ1n) is 10.1. The zero-order valence-corrected chi connectivity index (χ0v) is 16.9. The number of rotatable bonds is 9. The Bertz CT molecular complexity index is 891. The second kappa shape index (κ2) is 10.2. The molecule has 0 aliphatic carbocycles. The molecule has 0 amide bonds. The first-order chi connectivity index (χ1) is 14.0. The molecule has 2 nitrogen and oxygen atoms in total. The molecule has 152 valence electrons. The lowest BCUT2D eigenvalue weighted by atomic mass is 9.88. The van der Waals surface area contributed by atoms with E-state index in [0.717, 1.165) is 29.8 Å². The van der Waals surface area contributed by atoms with Crippen LogP contribution >= 0.6 is 0 Å². The molecule has 0 saturated heterocycles. The molecular formula is C25H28F2NO+. The minimum atomic E-state index is -0.237. The molecule has 0 aliphatic heterocycles. The van der Waals surface area contributed by atoms with Gasteiger partial charge < -0.3 is 10.1 Å². The lowest BCUT2D eigenvalue weighted by Crippen LogP contribution is -2.82. The van der Waals surface area contributed by atoms with E-state index in [2.05, 4.69) is 17.4 Å². The molecule has 3 aromatic rings. The number of ether oxygens (including phenoxy) is 1. The number of nitrogens with two attached hydrogens (primary N) is 1. The number of hydrogen-bond donors (Lipinski definition) is 1. The lowest BCUT2D eigenvalue weighted by molar-refractivity contribution is -0.671. The SMILES string of the molecule is CC(C)Oc1ccc([C@H](CC[NH2+]Cc2ccccc2F)c2ccc(F)cc2)cc1. The largest absolute Gasteiger partial charge is 0.491 e. The Kier molecular flexibility index (Phi) is 7.36. The van der Waals surface area contributed by atoms with Crippen molar-refractivity contribution in [2.75, 3.05) is 6.54 Å². The molecule has 3 aromatic carbocycles. The van der Waals surface area contributed by atoms with E-state index in [0.29, 0.717) is 12.1 Å². The van der Waals surface area contributed by atoms with Crippen LogP contribution in [0.3, 0.4) is 0 Å². The van der Waals surface area contributed by atoms with Gasteiger partial charge in [0.15, 0.2) is 0 Å². The number of halogens is 2. The van der Waals surface area contributed by atoms with E-state index in [-0.39, 0.29) is 23.7 Å². The fourth-order valence-electron chi connectivity index (χ4n) is 3.48. The highest BCUT2D eigenvalue weighted by Crippen LogP contribution is 2.29. The Balaban J connectivity index is 1.69. The van der Waals surface area contributed by atoms with Gasteiger partial charge in [0, 0.05) is 17.9 Å². The van der Waals surface area contributed by atoms with Crippen LogP contribution in [0.2, 0.25) is 0 Å². The number of quaternary nitrogens is 1. The van der Waals surface area contributed by atoms with E-state index in [4.69, 9.17) is 4.74 Å². The van der Waals surface area contributed by atoms with Crippen molar-refractivity contribution in [1.29, 1.82) is 0 Å². The summed E-state index contributed by atoms with van der Waals surface area (Å²) in [6.45, 7) is 5.44. The van der Waals surface area contributed by atoms with Crippen molar-refractivity contribution in [2.45, 2.75) is 38.8 Å². The molecule has 4 heteroatoms. The van der Waals surface area contributed by atoms with Crippen LogP contribution in [0, 0.1) is 11.6 Å². The van der Waals surface area contributed by atoms with Crippen LogP contribution in [0.4, 0.5) is 8.78 Å². The molecular weight excluding hydrogens is 368 g/mol. The number of hydrogen-bond acceptors (Lipinski definition) is 1. The molecule has 0 unspecified atom stereocenters. The molecule has 0 aliphatic rings. The minimum Gasteiger partial charge on any atom is -0.491 e. The average molecular weight is 397 g/mol. The summed E-state index contributed by atoms with van der Waals surface area (Å²) in [5, 5.41) is 2.12. The first kappa shape index (κ1) is 21.0. The maximum absolute atomic E-state index is 13.8. The molecule has 3 rings (SSSR count). The quantitative estimate of drug-likeness (QED) is 0.504. The van der Waals surface area contributed by atoms with Gasteiger partial charge in [-0.15, -0.1) is 0 Å². The highest BCUT2D eigenvalue weighted by atomic mass is 19.1. The molecule has 0 radical (unpaired) electrons. The fourth-order valence-corrected chi connectivity index (χ4v) is 3.48. The predicted molar refractivity (Wildman–Crippen MR) is 112 cm³/mol. The zero-order chi connectivity index (χ0) is 20.6. The summed E-state index contributed by atoms with van der Waals surface area (Å²) < 4.78 is 32.9. The van der Waals surface area contributed by atoms with E-state index in [1.807, 2.05) is 50.2 Å². The third-order valence-corrected chi connectivity index (χ3v) is 4.91. The maximum atomic E-state index is 13.8. The van der Waals surface area contributed by atoms with Gasteiger partial charge >= 0.3 is 0 Å². The van der Waals surface area contributed by atoms with Crippen molar-refractivity contribution in [3.05, 3.63) is 101 Å². The molecule has 1 atom stereocenters. The van der Waals surface area contributed by atoms with Gasteiger partial charge in [-0.1, -0.05) is 42.5 Å². The minimum absolute atomic E-state index is 0.127. The lowest BCUT2D eigenvalue weighted by Gasteiger charge is -2.18. The van der Waals surface area contributed by atoms with Crippen molar-refractivity contribution in [1.82, 2.24) is 0 Å². The van der Waals surface area contributed by atoms with Crippen molar-refractivity contribution in [3.8, 4) is 5.75 Å². The van der Waals surface area contributed by atoms with Crippen molar-refractivity contribution < 1.29 is 18.8 Å². The molecule has 0 bridgehead atoms. The van der Waals surface area contributed by atoms with Crippen LogP contribution in [0.15, 0.2) is 72.8 Å². The van der Waals surface area contributed by atoms with Gasteiger partial charge in [0.05, 0.1) is 12.6 Å². The third kappa shape index (κ3) is 6.13. The molecule has 0 heterocycles. The van der Waals surface area contributed by atoms with Gasteiger partial charge in [-0.25, -0.2) is 8.78 Å². The highest BCUT2D eigenvalue weighted by Gasteiger charge is 2.16. The van der Waals surface area contributed by atoms with Crippen LogP contribution in [0.1, 0.15) is 42.9 Å². The monoisotopic (exact) mass is 396 g/mol. The van der Waals surface area contributed by atoms with Gasteiger partial charge in [0.25, 0.3) is 0 Å². The summed E-state index contributed by atoms with van der Waals surface area (Å²) in [7, 11) is 0. The predicted octanol–water partition coefficient (Wildman–Crippen LogP) is 5.04. The van der Waals surface area contributed by atoms with Crippen molar-refractivity contribution in [3.63, 3.8) is 0 Å². The van der Waals surface area contributed by atoms with Gasteiger partial charge in [-0.3, -0.25) is 0 Å². The normalized spacial score (nSPS) is 12.2. The Labute approximate surface area is 171 Å². The standard InChI is InChI=1S/C25H27F2NO/c1-18(2)29-23-13-9-20(10-14-23)24(19-7-11-22(26)12-8-19)15-16-28-17-21-5-3-4-6-25(21)27/h3-14,18,24,28H,15-17H2,1-2H3/p+1/t24-/m1/s1. The van der Waals surface area contributed by atoms with Crippen molar-refractivity contribution in [2.24, 2.45) is 0 Å². The van der Waals surface area contributed by atoms with Crippen LogP contribution in [0.5, 0.6) is 5.75 Å². The first-order valence-corrected chi connectivity index (χ1v) is 10.1. The third-order valence-electron chi connectivity index (χ3n) is 4.91. The molecule has 0 saturated carbocycles. The summed E-state index contributed by atoms with van der Waals surface area (Å²) in [5.41, 5.74) is 2.94. The van der Waals surface area contributed by atoms with Crippen LogP contribution in [-0.2, 0) is 6.54 Å². The van der Waals surface area contributed by atoms with Crippen LogP contribution < -0.4 is 10.1 Å². The Morgan fingerprint density at radius 3 is 2.07 bits per heavy atom. The molecule has 0 fully saturated rings. The Morgan fingerprint density at radius 2 is 1.45 bits per heavy atom. The number of benzene rings is 3. The summed E-state index contributed by atoms with van der Waals surface area (Å²) >= 11 is 0. The van der Waals surface area contributed by atoms with E-state index in [9.17, 15) is 8.78 Å². The average Bonchev–Trinajstić information content (AvgIpc) is 2.71. The van der Waals surface area contributed by atoms with Crippen molar-refractivity contribution >= 4 is 0 Å². The maximum Gasteiger partial charge on any atom is 0.132 e. The van der Waals surface area contributed by atoms with E-state index in [1.165, 1.54) is 18.2 Å². The van der Waals surface area contributed by atoms with Crippen LogP contribution in [-0.4, -0.2) is 12.6 Å². The second-order valence-electron chi connectivity index (χ2n) is 7.50. The van der Waals surface area contributed by atoms with Gasteiger partial charge in [0.1, 0.15) is 23.9 Å². The second-order valence-corrected chi connectivity index (χ2v) is 7.50. The zero-order valence-electron chi connectivity index (χ0n) is 16.9. The Hall–Kier alpha value is -2.72. The molecule has 0 spiro atoms. The molecule has 29 heavy (non-hydrogen) atoms. The van der Waals surface area contributed by atoms with E-state index < -0.39 is 0 Å². The van der Waals surface area contributed by atoms with Gasteiger partial charge in [0.2, 0.25) is 0 Å². The van der Waals surface area contributed by atoms with Gasteiger partial charge in [-0.2, -0.15) is 0 Å². The van der Waals surface area contributed by atoms with Crippen LogP contribution in [0.25, 0.3) is 0 Å². The topological polar surface area (TPSA) is 25.8 Å². The fraction of sp³-hybridized carbons (Fsp3) is 0.280. The molecule has 0 aromatic heterocycles. The Morgan fingerprint density at radius 1 is 0.828 bits per heavy atom. The summed E-state index contributed by atoms with van der Waals surface area (Å²) in [4.78, 5) is 0. The summed E-state index contributed by atoms with van der Waals surface area (Å²) in [5.74, 6) is 0.576. The summed E-state index contributed by atoms with van der Waals surface area (Å²) in [6, 6.07) is 21.7. The highest BCUT2D eigenvalue weighted by molar-refractivity contribution is 5.36.